The number of aromatic nitrogens is 1. The van der Waals surface area contributed by atoms with Crippen LogP contribution in [-0.4, -0.2) is 73.2 Å². The van der Waals surface area contributed by atoms with Gasteiger partial charge < -0.3 is 19.3 Å². The average molecular weight is 567 g/mol. The Morgan fingerprint density at radius 3 is 2.95 bits per heavy atom. The summed E-state index contributed by atoms with van der Waals surface area (Å²) >= 11 is 5.34. The van der Waals surface area contributed by atoms with E-state index in [0.717, 1.165) is 61.6 Å². The molecule has 38 heavy (non-hydrogen) atoms. The molecule has 3 heterocycles. The summed E-state index contributed by atoms with van der Waals surface area (Å²) in [6.07, 6.45) is 11.7. The average Bonchev–Trinajstić information content (AvgIpc) is 3.54. The molecule has 1 amide bonds. The molecule has 9 heteroatoms. The minimum Gasteiger partial charge on any atom is -0.379 e. The molecule has 1 saturated heterocycles. The zero-order valence-corrected chi connectivity index (χ0v) is 24.0. The standard InChI is InChI=1S/C29H34N4O2S3/c1-32(38-27-12-7-17-36-27)26-11-6-10-23-18-25(31-28(23)26)29(34)30-19-24(20-33-13-15-35-16-14-33)37-21-22-8-4-2-3-5-9-22/h2-8,10-12,17-18,24,31H,9,13-16,19-21H2,1H3,(H,30,34). The molecule has 1 aromatic carbocycles. The molecule has 1 fully saturated rings. The third kappa shape index (κ3) is 7.36. The number of thioether (sulfide) groups is 1. The van der Waals surface area contributed by atoms with Gasteiger partial charge in [-0.1, -0.05) is 54.2 Å². The van der Waals surface area contributed by atoms with Crippen LogP contribution in [0.4, 0.5) is 5.69 Å². The van der Waals surface area contributed by atoms with Gasteiger partial charge in [0.05, 0.1) is 28.6 Å². The first-order chi connectivity index (χ1) is 18.7. The summed E-state index contributed by atoms with van der Waals surface area (Å²) in [5.41, 5.74) is 4.04. The maximum absolute atomic E-state index is 13.3. The van der Waals surface area contributed by atoms with E-state index in [4.69, 9.17) is 4.74 Å². The maximum Gasteiger partial charge on any atom is 0.267 e. The van der Waals surface area contributed by atoms with Gasteiger partial charge in [0.1, 0.15) is 5.69 Å². The maximum atomic E-state index is 13.3. The SMILES string of the molecule is CN(Sc1cccs1)c1cccc2cc(C(=O)NCC(CN3CCOCC3)SCC3=CC=CC=CC3)[nH]c12. The molecule has 1 aliphatic heterocycles. The van der Waals surface area contributed by atoms with E-state index in [-0.39, 0.29) is 5.91 Å². The number of amides is 1. The van der Waals surface area contributed by atoms with Gasteiger partial charge in [-0.05, 0) is 41.9 Å². The van der Waals surface area contributed by atoms with E-state index in [1.807, 2.05) is 23.9 Å². The van der Waals surface area contributed by atoms with E-state index in [1.54, 1.807) is 23.3 Å². The number of rotatable bonds is 11. The Balaban J connectivity index is 1.24. The number of morpholine rings is 1. The Kier molecular flexibility index (Phi) is 9.70. The number of fused-ring (bicyclic) bond motifs is 1. The van der Waals surface area contributed by atoms with E-state index < -0.39 is 0 Å². The van der Waals surface area contributed by atoms with Crippen molar-refractivity contribution in [1.29, 1.82) is 0 Å². The molecule has 3 aromatic rings. The molecule has 1 unspecified atom stereocenters. The Morgan fingerprint density at radius 1 is 1.21 bits per heavy atom. The summed E-state index contributed by atoms with van der Waals surface area (Å²) in [5, 5.41) is 6.63. The van der Waals surface area contributed by atoms with Crippen molar-refractivity contribution in [3.8, 4) is 0 Å². The van der Waals surface area contributed by atoms with Gasteiger partial charge >= 0.3 is 0 Å². The van der Waals surface area contributed by atoms with Crippen molar-refractivity contribution in [2.75, 3.05) is 56.5 Å². The van der Waals surface area contributed by atoms with Crippen LogP contribution in [0.25, 0.3) is 10.9 Å². The van der Waals surface area contributed by atoms with E-state index in [1.165, 1.54) is 9.78 Å². The van der Waals surface area contributed by atoms with Crippen molar-refractivity contribution >= 4 is 57.5 Å². The van der Waals surface area contributed by atoms with Crippen molar-refractivity contribution < 1.29 is 9.53 Å². The molecule has 5 rings (SSSR count). The quantitative estimate of drug-likeness (QED) is 0.279. The first kappa shape index (κ1) is 27.1. The molecule has 6 nitrogen and oxygen atoms in total. The van der Waals surface area contributed by atoms with Crippen LogP contribution < -0.4 is 9.62 Å². The highest BCUT2D eigenvalue weighted by Gasteiger charge is 2.20. The lowest BCUT2D eigenvalue weighted by atomic mass is 10.2. The van der Waals surface area contributed by atoms with E-state index in [2.05, 4.69) is 86.6 Å². The number of hydrogen-bond acceptors (Lipinski definition) is 7. The first-order valence-corrected chi connectivity index (χ1v) is 15.6. The number of benzene rings is 1. The summed E-state index contributed by atoms with van der Waals surface area (Å²) in [6.45, 7) is 5.01. The van der Waals surface area contributed by atoms with Crippen LogP contribution in [0.2, 0.25) is 0 Å². The predicted octanol–water partition coefficient (Wildman–Crippen LogP) is 5.98. The van der Waals surface area contributed by atoms with E-state index in [0.29, 0.717) is 17.5 Å². The summed E-state index contributed by atoms with van der Waals surface area (Å²) in [7, 11) is 2.06. The predicted molar refractivity (Wildman–Crippen MR) is 164 cm³/mol. The highest BCUT2D eigenvalue weighted by molar-refractivity contribution is 8.02. The third-order valence-corrected chi connectivity index (χ3v) is 9.86. The number of para-hydroxylation sites is 1. The molecule has 2 N–H and O–H groups in total. The number of carbonyl (C=O) groups excluding carboxylic acids is 1. The van der Waals surface area contributed by atoms with Crippen molar-refractivity contribution in [2.24, 2.45) is 0 Å². The highest BCUT2D eigenvalue weighted by atomic mass is 32.2. The summed E-state index contributed by atoms with van der Waals surface area (Å²) in [4.78, 5) is 19.1. The number of allylic oxidation sites excluding steroid dienone is 5. The van der Waals surface area contributed by atoms with Gasteiger partial charge in [0.25, 0.3) is 5.91 Å². The van der Waals surface area contributed by atoms with Crippen molar-refractivity contribution in [2.45, 2.75) is 15.9 Å². The van der Waals surface area contributed by atoms with Crippen molar-refractivity contribution in [3.05, 3.63) is 83.4 Å². The Bertz CT molecular complexity index is 1290. The summed E-state index contributed by atoms with van der Waals surface area (Å²) in [5.74, 6) is 0.900. The summed E-state index contributed by atoms with van der Waals surface area (Å²) < 4.78 is 8.91. The van der Waals surface area contributed by atoms with Gasteiger partial charge in [-0.15, -0.1) is 11.3 Å². The van der Waals surface area contributed by atoms with Gasteiger partial charge in [-0.3, -0.25) is 9.69 Å². The number of thiophene rings is 1. The number of anilines is 1. The van der Waals surface area contributed by atoms with E-state index in [9.17, 15) is 4.79 Å². The minimum absolute atomic E-state index is 0.0622. The van der Waals surface area contributed by atoms with E-state index >= 15 is 0 Å². The Labute approximate surface area is 237 Å². The number of aromatic amines is 1. The fourth-order valence-corrected chi connectivity index (χ4v) is 7.49. The van der Waals surface area contributed by atoms with Crippen LogP contribution in [0.5, 0.6) is 0 Å². The minimum atomic E-state index is -0.0622. The molecule has 0 saturated carbocycles. The topological polar surface area (TPSA) is 60.6 Å². The lowest BCUT2D eigenvalue weighted by Crippen LogP contribution is -2.43. The zero-order chi connectivity index (χ0) is 26.2. The van der Waals surface area contributed by atoms with Crippen molar-refractivity contribution in [3.63, 3.8) is 0 Å². The van der Waals surface area contributed by atoms with Crippen molar-refractivity contribution in [1.82, 2.24) is 15.2 Å². The largest absolute Gasteiger partial charge is 0.379 e. The Morgan fingerprint density at radius 2 is 2.11 bits per heavy atom. The molecule has 0 bridgehead atoms. The fraction of sp³-hybridized carbons (Fsp3) is 0.345. The smallest absolute Gasteiger partial charge is 0.267 e. The zero-order valence-electron chi connectivity index (χ0n) is 21.6. The van der Waals surface area contributed by atoms with Crippen LogP contribution in [0.3, 0.4) is 0 Å². The molecule has 0 spiro atoms. The molecular formula is C29H34N4O2S3. The molecule has 2 aromatic heterocycles. The lowest BCUT2D eigenvalue weighted by molar-refractivity contribution is 0.0381. The molecular weight excluding hydrogens is 533 g/mol. The van der Waals surface area contributed by atoms with Gasteiger partial charge in [0.15, 0.2) is 0 Å². The van der Waals surface area contributed by atoms with Crippen LogP contribution in [0.1, 0.15) is 16.9 Å². The van der Waals surface area contributed by atoms with Crippen LogP contribution in [0, 0.1) is 0 Å². The first-order valence-electron chi connectivity index (χ1n) is 12.9. The number of H-pyrrole nitrogens is 1. The van der Waals surface area contributed by atoms with Gasteiger partial charge in [0.2, 0.25) is 0 Å². The molecule has 2 aliphatic rings. The Hall–Kier alpha value is -2.43. The van der Waals surface area contributed by atoms with Crippen LogP contribution in [0.15, 0.2) is 81.9 Å². The van der Waals surface area contributed by atoms with Gasteiger partial charge in [-0.2, -0.15) is 11.8 Å². The molecule has 0 radical (unpaired) electrons. The summed E-state index contributed by atoms with van der Waals surface area (Å²) in [6, 6.07) is 12.3. The fourth-order valence-electron chi connectivity index (χ4n) is 4.53. The van der Waals surface area contributed by atoms with Crippen LogP contribution >= 0.6 is 35.0 Å². The second-order valence-corrected chi connectivity index (χ2v) is 13.0. The highest BCUT2D eigenvalue weighted by Crippen LogP contribution is 2.34. The molecule has 200 valence electrons. The second kappa shape index (κ2) is 13.6. The second-order valence-electron chi connectivity index (χ2n) is 9.34. The monoisotopic (exact) mass is 566 g/mol. The number of nitrogens with one attached hydrogen (secondary N) is 2. The van der Waals surface area contributed by atoms with Gasteiger partial charge in [-0.25, -0.2) is 0 Å². The number of hydrogen-bond donors (Lipinski definition) is 2. The van der Waals surface area contributed by atoms with Crippen LogP contribution in [-0.2, 0) is 4.74 Å². The molecule has 1 atom stereocenters. The van der Waals surface area contributed by atoms with Gasteiger partial charge in [0, 0.05) is 49.6 Å². The number of ether oxygens (including phenoxy) is 1. The normalized spacial score (nSPS) is 16.8. The third-order valence-electron chi connectivity index (χ3n) is 6.57. The number of carbonyl (C=O) groups is 1. The molecule has 1 aliphatic carbocycles. The lowest BCUT2D eigenvalue weighted by Gasteiger charge is -2.30. The number of nitrogens with zero attached hydrogens (tertiary/aromatic N) is 2.